The summed E-state index contributed by atoms with van der Waals surface area (Å²) in [5, 5.41) is 0.525. The molecule has 2 N–H and O–H groups in total. The number of nitrogens with two attached hydrogens (primary N) is 1. The van der Waals surface area contributed by atoms with Crippen molar-refractivity contribution < 1.29 is 19.1 Å². The molecule has 0 saturated carbocycles. The maximum absolute atomic E-state index is 12.9. The molecule has 0 aliphatic carbocycles. The van der Waals surface area contributed by atoms with Gasteiger partial charge in [0.1, 0.15) is 5.25 Å². The van der Waals surface area contributed by atoms with E-state index in [4.69, 9.17) is 26.8 Å². The molecule has 9 heteroatoms. The van der Waals surface area contributed by atoms with Crippen LogP contribution < -0.4 is 15.2 Å². The smallest absolute Gasteiger partial charge is 0.242 e. The van der Waals surface area contributed by atoms with Crippen molar-refractivity contribution in [1.82, 2.24) is 4.90 Å². The molecule has 28 heavy (non-hydrogen) atoms. The van der Waals surface area contributed by atoms with Crippen molar-refractivity contribution in [1.29, 1.82) is 0 Å². The first-order chi connectivity index (χ1) is 13.5. The van der Waals surface area contributed by atoms with E-state index >= 15 is 0 Å². The Balaban J connectivity index is 1.63. The second kappa shape index (κ2) is 7.73. The van der Waals surface area contributed by atoms with Crippen molar-refractivity contribution in [2.24, 2.45) is 10.7 Å². The van der Waals surface area contributed by atoms with Crippen molar-refractivity contribution in [2.75, 3.05) is 6.79 Å². The van der Waals surface area contributed by atoms with Crippen molar-refractivity contribution in [2.45, 2.75) is 18.2 Å². The summed E-state index contributed by atoms with van der Waals surface area (Å²) in [6.45, 7) is 0.478. The minimum atomic E-state index is -0.586. The number of nitrogens with zero attached hydrogens (tertiary/aromatic N) is 2. The first-order valence-electron chi connectivity index (χ1n) is 8.49. The highest BCUT2D eigenvalue weighted by molar-refractivity contribution is 8.15. The van der Waals surface area contributed by atoms with E-state index in [-0.39, 0.29) is 19.1 Å². The number of halogens is 1. The Bertz CT molecular complexity index is 964. The highest BCUT2D eigenvalue weighted by Crippen LogP contribution is 2.36. The van der Waals surface area contributed by atoms with Crippen LogP contribution in [0.5, 0.6) is 11.5 Å². The molecule has 2 aromatic rings. The molecule has 0 spiro atoms. The van der Waals surface area contributed by atoms with Gasteiger partial charge in [-0.2, -0.15) is 0 Å². The molecule has 0 bridgehead atoms. The van der Waals surface area contributed by atoms with E-state index in [9.17, 15) is 9.59 Å². The van der Waals surface area contributed by atoms with E-state index in [1.807, 2.05) is 18.2 Å². The van der Waals surface area contributed by atoms with Gasteiger partial charge in [0, 0.05) is 11.4 Å². The SMILES string of the molecule is NC(=O)C[C@@H]1SC(=Nc2ccc(Cl)cc2)N(Cc2ccc3c(c2)OCO3)C1=O. The van der Waals surface area contributed by atoms with Crippen LogP contribution >= 0.6 is 23.4 Å². The van der Waals surface area contributed by atoms with Crippen molar-refractivity contribution in [3.63, 3.8) is 0 Å². The Kier molecular flexibility index (Phi) is 5.15. The second-order valence-electron chi connectivity index (χ2n) is 6.26. The number of amidine groups is 1. The van der Waals surface area contributed by atoms with E-state index in [1.54, 1.807) is 29.2 Å². The van der Waals surface area contributed by atoms with E-state index < -0.39 is 11.2 Å². The van der Waals surface area contributed by atoms with Gasteiger partial charge in [0.05, 0.1) is 12.2 Å². The molecule has 0 unspecified atom stereocenters. The number of amides is 2. The molecule has 7 nitrogen and oxygen atoms in total. The van der Waals surface area contributed by atoms with Gasteiger partial charge in [-0.3, -0.25) is 14.5 Å². The molecule has 0 radical (unpaired) electrons. The van der Waals surface area contributed by atoms with Gasteiger partial charge in [-0.1, -0.05) is 29.4 Å². The van der Waals surface area contributed by atoms with Gasteiger partial charge in [0.25, 0.3) is 0 Å². The number of hydrogen-bond acceptors (Lipinski definition) is 6. The molecule has 2 aliphatic heterocycles. The molecule has 1 fully saturated rings. The van der Waals surface area contributed by atoms with Gasteiger partial charge in [0.2, 0.25) is 18.6 Å². The molecule has 1 atom stereocenters. The van der Waals surface area contributed by atoms with Crippen LogP contribution in [0.25, 0.3) is 0 Å². The maximum Gasteiger partial charge on any atom is 0.242 e. The molecule has 144 valence electrons. The zero-order valence-corrected chi connectivity index (χ0v) is 16.2. The molecule has 4 rings (SSSR count). The lowest BCUT2D eigenvalue weighted by Gasteiger charge is -2.17. The number of carbonyl (C=O) groups is 2. The Morgan fingerprint density at radius 2 is 1.96 bits per heavy atom. The van der Waals surface area contributed by atoms with Crippen LogP contribution in [0.2, 0.25) is 5.02 Å². The van der Waals surface area contributed by atoms with Gasteiger partial charge in [-0.05, 0) is 42.0 Å². The number of carbonyl (C=O) groups excluding carboxylic acids is 2. The fraction of sp³-hybridized carbons (Fsp3) is 0.211. The summed E-state index contributed by atoms with van der Waals surface area (Å²) in [4.78, 5) is 30.4. The average molecular weight is 418 g/mol. The molecular formula is C19H16ClN3O4S. The van der Waals surface area contributed by atoms with Crippen LogP contribution in [-0.4, -0.2) is 33.9 Å². The van der Waals surface area contributed by atoms with Gasteiger partial charge in [-0.25, -0.2) is 4.99 Å². The summed E-state index contributed by atoms with van der Waals surface area (Å²) in [7, 11) is 0. The molecule has 2 heterocycles. The largest absolute Gasteiger partial charge is 0.454 e. The van der Waals surface area contributed by atoms with Crippen LogP contribution in [-0.2, 0) is 16.1 Å². The second-order valence-corrected chi connectivity index (χ2v) is 7.87. The molecule has 2 aromatic carbocycles. The van der Waals surface area contributed by atoms with Crippen molar-refractivity contribution >= 4 is 46.0 Å². The van der Waals surface area contributed by atoms with Crippen LogP contribution in [0.4, 0.5) is 5.69 Å². The monoisotopic (exact) mass is 417 g/mol. The molecule has 0 aromatic heterocycles. The van der Waals surface area contributed by atoms with Gasteiger partial charge < -0.3 is 15.2 Å². The predicted octanol–water partition coefficient (Wildman–Crippen LogP) is 3.08. The minimum absolute atomic E-state index is 0.0409. The Morgan fingerprint density at radius 1 is 1.21 bits per heavy atom. The fourth-order valence-electron chi connectivity index (χ4n) is 2.90. The van der Waals surface area contributed by atoms with Crippen molar-refractivity contribution in [3.05, 3.63) is 53.1 Å². The molecule has 2 aliphatic rings. The van der Waals surface area contributed by atoms with Crippen LogP contribution in [0.1, 0.15) is 12.0 Å². The Labute approximate surface area is 170 Å². The van der Waals surface area contributed by atoms with Gasteiger partial charge >= 0.3 is 0 Å². The van der Waals surface area contributed by atoms with E-state index in [1.165, 1.54) is 11.8 Å². The third-order valence-corrected chi connectivity index (χ3v) is 5.66. The number of aliphatic imine (C=N–C) groups is 1. The third kappa shape index (κ3) is 3.93. The lowest BCUT2D eigenvalue weighted by Crippen LogP contribution is -2.33. The highest BCUT2D eigenvalue weighted by atomic mass is 35.5. The van der Waals surface area contributed by atoms with Crippen LogP contribution in [0, 0.1) is 0 Å². The normalized spacial score (nSPS) is 19.5. The standard InChI is InChI=1S/C19H16ClN3O4S/c20-12-2-4-13(5-3-12)22-19-23(18(25)16(28-19)8-17(21)24)9-11-1-6-14-15(7-11)27-10-26-14/h1-7,16H,8-10H2,(H2,21,24)/t16-/m0/s1. The summed E-state index contributed by atoms with van der Waals surface area (Å²) in [6, 6.07) is 12.5. The van der Waals surface area contributed by atoms with E-state index in [2.05, 4.69) is 4.99 Å². The number of fused-ring (bicyclic) bond motifs is 1. The third-order valence-electron chi connectivity index (χ3n) is 4.24. The summed E-state index contributed by atoms with van der Waals surface area (Å²) >= 11 is 7.16. The number of hydrogen-bond donors (Lipinski definition) is 1. The highest BCUT2D eigenvalue weighted by Gasteiger charge is 2.39. The van der Waals surface area contributed by atoms with Gasteiger partial charge in [0.15, 0.2) is 16.7 Å². The number of benzene rings is 2. The summed E-state index contributed by atoms with van der Waals surface area (Å²) < 4.78 is 10.7. The molecule has 1 saturated heterocycles. The topological polar surface area (TPSA) is 94.2 Å². The van der Waals surface area contributed by atoms with E-state index in [0.29, 0.717) is 33.9 Å². The van der Waals surface area contributed by atoms with Crippen molar-refractivity contribution in [3.8, 4) is 11.5 Å². The minimum Gasteiger partial charge on any atom is -0.454 e. The van der Waals surface area contributed by atoms with Gasteiger partial charge in [-0.15, -0.1) is 0 Å². The first-order valence-corrected chi connectivity index (χ1v) is 9.74. The van der Waals surface area contributed by atoms with Crippen LogP contribution in [0.15, 0.2) is 47.5 Å². The number of ether oxygens (including phenoxy) is 2. The zero-order chi connectivity index (χ0) is 19.7. The summed E-state index contributed by atoms with van der Waals surface area (Å²) in [6.07, 6.45) is -0.0409. The Hall–Kier alpha value is -2.71. The average Bonchev–Trinajstić information content (AvgIpc) is 3.23. The Morgan fingerprint density at radius 3 is 2.71 bits per heavy atom. The molecule has 2 amide bonds. The zero-order valence-electron chi connectivity index (χ0n) is 14.6. The summed E-state index contributed by atoms with van der Waals surface area (Å²) in [5.41, 5.74) is 6.83. The molecular weight excluding hydrogens is 402 g/mol. The quantitative estimate of drug-likeness (QED) is 0.806. The number of thioether (sulfide) groups is 1. The lowest BCUT2D eigenvalue weighted by atomic mass is 10.2. The first kappa shape index (κ1) is 18.6. The fourth-order valence-corrected chi connectivity index (χ4v) is 4.20. The van der Waals surface area contributed by atoms with Crippen LogP contribution in [0.3, 0.4) is 0 Å². The maximum atomic E-state index is 12.9. The van der Waals surface area contributed by atoms with E-state index in [0.717, 1.165) is 5.56 Å². The predicted molar refractivity (Wildman–Crippen MR) is 107 cm³/mol. The number of rotatable bonds is 5. The lowest BCUT2D eigenvalue weighted by molar-refractivity contribution is -0.128. The summed E-state index contributed by atoms with van der Waals surface area (Å²) in [5.74, 6) is 0.588. The number of primary amides is 1.